The molecule has 0 fully saturated rings. The molecular formula is C30H33N5O4. The maximum atomic E-state index is 12.3. The summed E-state index contributed by atoms with van der Waals surface area (Å²) in [5.74, 6) is 0.795. The van der Waals surface area contributed by atoms with Crippen molar-refractivity contribution >= 4 is 33.6 Å². The normalized spacial score (nSPS) is 11.5. The van der Waals surface area contributed by atoms with Gasteiger partial charge in [-0.05, 0) is 73.9 Å². The van der Waals surface area contributed by atoms with E-state index in [0.717, 1.165) is 49.8 Å². The Labute approximate surface area is 226 Å². The van der Waals surface area contributed by atoms with E-state index in [1.54, 1.807) is 14.0 Å². The first-order valence-corrected chi connectivity index (χ1v) is 13.0. The van der Waals surface area contributed by atoms with Gasteiger partial charge in [0.15, 0.2) is 5.82 Å². The highest BCUT2D eigenvalue weighted by molar-refractivity contribution is 5.94. The number of aromatic nitrogens is 4. The largest absolute Gasteiger partial charge is 0.487 e. The van der Waals surface area contributed by atoms with Gasteiger partial charge >= 0.3 is 5.97 Å². The molecule has 0 atom stereocenters. The first kappa shape index (κ1) is 26.2. The van der Waals surface area contributed by atoms with Crippen molar-refractivity contribution in [3.8, 4) is 16.9 Å². The Bertz CT molecular complexity index is 1640. The predicted molar refractivity (Wildman–Crippen MR) is 151 cm³/mol. The minimum atomic E-state index is -0.300. The Balaban J connectivity index is 1.49. The number of anilines is 1. The van der Waals surface area contributed by atoms with Crippen molar-refractivity contribution in [3.05, 3.63) is 71.4 Å². The molecule has 3 aromatic carbocycles. The van der Waals surface area contributed by atoms with Gasteiger partial charge in [-0.1, -0.05) is 18.2 Å². The van der Waals surface area contributed by atoms with E-state index in [1.807, 2.05) is 41.1 Å². The molecule has 2 heterocycles. The summed E-state index contributed by atoms with van der Waals surface area (Å²) >= 11 is 0. The monoisotopic (exact) mass is 527 g/mol. The van der Waals surface area contributed by atoms with Crippen molar-refractivity contribution in [2.24, 2.45) is 0 Å². The van der Waals surface area contributed by atoms with E-state index in [0.29, 0.717) is 24.8 Å². The number of fused-ring (bicyclic) bond motifs is 2. The summed E-state index contributed by atoms with van der Waals surface area (Å²) in [6.07, 6.45) is 0.117. The molecule has 0 aliphatic carbocycles. The summed E-state index contributed by atoms with van der Waals surface area (Å²) in [6.45, 7) is 7.02. The van der Waals surface area contributed by atoms with Crippen molar-refractivity contribution in [1.82, 2.24) is 20.0 Å². The van der Waals surface area contributed by atoms with Gasteiger partial charge in [-0.3, -0.25) is 14.6 Å². The zero-order valence-electron chi connectivity index (χ0n) is 22.7. The Morgan fingerprint density at radius 3 is 2.54 bits per heavy atom. The smallest absolute Gasteiger partial charge is 0.310 e. The molecule has 0 aliphatic heterocycles. The van der Waals surface area contributed by atoms with E-state index in [-0.39, 0.29) is 25.0 Å². The molecule has 0 saturated heterocycles. The highest BCUT2D eigenvalue weighted by Crippen LogP contribution is 2.32. The number of rotatable bonds is 10. The lowest BCUT2D eigenvalue weighted by Crippen LogP contribution is -2.10. The number of carbonyl (C=O) groups is 1. The SMILES string of the molecule is CCOC(=O)Cc1cc(COC)ccc1OCc1nn(C(C)C)c2ccc(-c3ccc4[nH]nc(N)c4c3)cc12. The molecule has 3 N–H and O–H groups in total. The standard InChI is InChI=1S/C30H33N5O4/c1-5-38-29(36)15-22-12-19(16-37-4)6-11-28(22)39-17-26-23-13-21(8-10-27(23)35(34-26)18(2)3)20-7-9-25-24(14-20)30(31)33-32-25/h6-14,18H,5,15-17H2,1-4H3,(H3,31,32,33). The molecular weight excluding hydrogens is 494 g/mol. The van der Waals surface area contributed by atoms with Crippen LogP contribution in [0.2, 0.25) is 0 Å². The van der Waals surface area contributed by atoms with Crippen LogP contribution in [0.15, 0.2) is 54.6 Å². The van der Waals surface area contributed by atoms with E-state index >= 15 is 0 Å². The number of benzene rings is 3. The molecule has 0 spiro atoms. The molecule has 39 heavy (non-hydrogen) atoms. The number of methoxy groups -OCH3 is 1. The van der Waals surface area contributed by atoms with Gasteiger partial charge in [0.25, 0.3) is 0 Å². The number of nitrogens with one attached hydrogen (secondary N) is 1. The molecule has 0 aliphatic rings. The predicted octanol–water partition coefficient (Wildman–Crippen LogP) is 5.57. The topological polar surface area (TPSA) is 117 Å². The number of hydrogen-bond acceptors (Lipinski definition) is 7. The number of H-pyrrole nitrogens is 1. The zero-order chi connectivity index (χ0) is 27.5. The quantitative estimate of drug-likeness (QED) is 0.228. The first-order valence-electron chi connectivity index (χ1n) is 13.0. The van der Waals surface area contributed by atoms with Crippen molar-refractivity contribution in [2.75, 3.05) is 19.5 Å². The summed E-state index contributed by atoms with van der Waals surface area (Å²) in [5.41, 5.74) is 12.6. The molecule has 9 heteroatoms. The van der Waals surface area contributed by atoms with Crippen molar-refractivity contribution in [1.29, 1.82) is 0 Å². The Morgan fingerprint density at radius 1 is 1.03 bits per heavy atom. The van der Waals surface area contributed by atoms with E-state index < -0.39 is 0 Å². The number of nitrogens with two attached hydrogens (primary N) is 1. The number of hydrogen-bond donors (Lipinski definition) is 2. The van der Waals surface area contributed by atoms with Crippen LogP contribution < -0.4 is 10.5 Å². The highest BCUT2D eigenvalue weighted by Gasteiger charge is 2.17. The van der Waals surface area contributed by atoms with Gasteiger partial charge in [-0.2, -0.15) is 10.2 Å². The molecule has 0 saturated carbocycles. The fourth-order valence-electron chi connectivity index (χ4n) is 4.78. The summed E-state index contributed by atoms with van der Waals surface area (Å²) in [7, 11) is 1.64. The molecule has 0 bridgehead atoms. The van der Waals surface area contributed by atoms with E-state index in [9.17, 15) is 4.79 Å². The third-order valence-corrected chi connectivity index (χ3v) is 6.64. The Kier molecular flexibility index (Phi) is 7.51. The van der Waals surface area contributed by atoms with Gasteiger partial charge < -0.3 is 19.9 Å². The second-order valence-corrected chi connectivity index (χ2v) is 9.73. The third kappa shape index (κ3) is 5.44. The van der Waals surface area contributed by atoms with Crippen LogP contribution in [0, 0.1) is 0 Å². The minimum absolute atomic E-state index is 0.117. The summed E-state index contributed by atoms with van der Waals surface area (Å²) < 4.78 is 18.8. The second kappa shape index (κ2) is 11.2. The minimum Gasteiger partial charge on any atom is -0.487 e. The van der Waals surface area contributed by atoms with E-state index in [1.165, 1.54) is 0 Å². The maximum Gasteiger partial charge on any atom is 0.310 e. The molecule has 5 rings (SSSR count). The van der Waals surface area contributed by atoms with Gasteiger partial charge in [-0.25, -0.2) is 0 Å². The molecule has 2 aromatic heterocycles. The van der Waals surface area contributed by atoms with Crippen LogP contribution in [0.1, 0.15) is 43.6 Å². The van der Waals surface area contributed by atoms with Crippen LogP contribution in [-0.4, -0.2) is 39.7 Å². The van der Waals surface area contributed by atoms with Crippen molar-refractivity contribution in [3.63, 3.8) is 0 Å². The van der Waals surface area contributed by atoms with Gasteiger partial charge in [0.05, 0.1) is 30.7 Å². The Morgan fingerprint density at radius 2 is 1.79 bits per heavy atom. The van der Waals surface area contributed by atoms with Gasteiger partial charge in [0.2, 0.25) is 0 Å². The molecule has 9 nitrogen and oxygen atoms in total. The van der Waals surface area contributed by atoms with Crippen LogP contribution in [0.25, 0.3) is 32.9 Å². The number of carbonyl (C=O) groups excluding carboxylic acids is 1. The molecule has 202 valence electrons. The lowest BCUT2D eigenvalue weighted by atomic mass is 10.0. The van der Waals surface area contributed by atoms with Crippen LogP contribution in [0.3, 0.4) is 0 Å². The second-order valence-electron chi connectivity index (χ2n) is 9.73. The van der Waals surface area contributed by atoms with Crippen LogP contribution in [0.4, 0.5) is 5.82 Å². The fraction of sp³-hybridized carbons (Fsp3) is 0.300. The average Bonchev–Trinajstić information content (AvgIpc) is 3.48. The third-order valence-electron chi connectivity index (χ3n) is 6.64. The van der Waals surface area contributed by atoms with E-state index in [2.05, 4.69) is 42.2 Å². The molecule has 0 amide bonds. The lowest BCUT2D eigenvalue weighted by molar-refractivity contribution is -0.142. The van der Waals surface area contributed by atoms with Crippen LogP contribution >= 0.6 is 0 Å². The average molecular weight is 528 g/mol. The summed E-state index contributed by atoms with van der Waals surface area (Å²) in [4.78, 5) is 12.3. The zero-order valence-corrected chi connectivity index (χ0v) is 22.7. The van der Waals surface area contributed by atoms with Crippen molar-refractivity contribution < 1.29 is 19.0 Å². The number of ether oxygens (including phenoxy) is 3. The number of esters is 1. The van der Waals surface area contributed by atoms with Crippen LogP contribution in [-0.2, 0) is 33.9 Å². The van der Waals surface area contributed by atoms with E-state index in [4.69, 9.17) is 25.0 Å². The number of aromatic amines is 1. The highest BCUT2D eigenvalue weighted by atomic mass is 16.5. The summed E-state index contributed by atoms with van der Waals surface area (Å²) in [5, 5.41) is 13.9. The fourth-order valence-corrected chi connectivity index (χ4v) is 4.78. The number of nitrogens with zero attached hydrogens (tertiary/aromatic N) is 3. The number of nitrogen functional groups attached to an aromatic ring is 1. The summed E-state index contributed by atoms with van der Waals surface area (Å²) in [6, 6.07) is 18.3. The molecule has 5 aromatic rings. The Hall–Kier alpha value is -4.37. The van der Waals surface area contributed by atoms with Gasteiger partial charge in [-0.15, -0.1) is 0 Å². The maximum absolute atomic E-state index is 12.3. The van der Waals surface area contributed by atoms with Crippen molar-refractivity contribution in [2.45, 2.75) is 46.4 Å². The molecule has 0 radical (unpaired) electrons. The van der Waals surface area contributed by atoms with Gasteiger partial charge in [0, 0.05) is 29.5 Å². The molecule has 0 unspecified atom stereocenters. The van der Waals surface area contributed by atoms with Gasteiger partial charge in [0.1, 0.15) is 18.1 Å². The van der Waals surface area contributed by atoms with Crippen LogP contribution in [0.5, 0.6) is 5.75 Å². The lowest BCUT2D eigenvalue weighted by Gasteiger charge is -2.13. The first-order chi connectivity index (χ1) is 18.9.